The summed E-state index contributed by atoms with van der Waals surface area (Å²) in [4.78, 5) is 0. The number of allylic oxidation sites excluding steroid dienone is 1. The zero-order chi connectivity index (χ0) is 9.69. The van der Waals surface area contributed by atoms with E-state index in [0.29, 0.717) is 11.7 Å². The normalized spacial score (nSPS) is 35.2. The van der Waals surface area contributed by atoms with Crippen LogP contribution in [0.1, 0.15) is 33.1 Å². The van der Waals surface area contributed by atoms with E-state index in [4.69, 9.17) is 0 Å². The van der Waals surface area contributed by atoms with Crippen molar-refractivity contribution in [2.24, 2.45) is 11.3 Å². The molecule has 74 valence electrons. The molecule has 3 heteroatoms. The Morgan fingerprint density at radius 2 is 2.15 bits per heavy atom. The third-order valence-corrected chi connectivity index (χ3v) is 4.80. The van der Waals surface area contributed by atoms with Crippen LogP contribution < -0.4 is 0 Å². The van der Waals surface area contributed by atoms with Gasteiger partial charge in [0.05, 0.1) is 5.75 Å². The van der Waals surface area contributed by atoms with Crippen LogP contribution in [0.3, 0.4) is 0 Å². The van der Waals surface area contributed by atoms with Crippen molar-refractivity contribution < 1.29 is 8.42 Å². The molecule has 1 heterocycles. The Labute approximate surface area is 79.9 Å². The first kappa shape index (κ1) is 9.25. The second-order valence-electron chi connectivity index (χ2n) is 4.88. The van der Waals surface area contributed by atoms with Crippen molar-refractivity contribution in [1.82, 2.24) is 0 Å². The Hall–Kier alpha value is -0.310. The van der Waals surface area contributed by atoms with E-state index in [-0.39, 0.29) is 5.41 Å². The monoisotopic (exact) mass is 200 g/mol. The molecule has 13 heavy (non-hydrogen) atoms. The first-order valence-corrected chi connectivity index (χ1v) is 6.57. The van der Waals surface area contributed by atoms with E-state index in [1.165, 1.54) is 17.4 Å². The summed E-state index contributed by atoms with van der Waals surface area (Å²) >= 11 is 0. The fourth-order valence-electron chi connectivity index (χ4n) is 2.59. The SMILES string of the molecule is CC1(C)CCCC2CS(=O)(=O)C=C21. The predicted octanol–water partition coefficient (Wildman–Crippen LogP) is 2.12. The van der Waals surface area contributed by atoms with Gasteiger partial charge in [0.25, 0.3) is 0 Å². The third kappa shape index (κ3) is 1.54. The zero-order valence-corrected chi connectivity index (χ0v) is 9.02. The van der Waals surface area contributed by atoms with Crippen molar-refractivity contribution in [2.45, 2.75) is 33.1 Å². The van der Waals surface area contributed by atoms with Gasteiger partial charge in [0.2, 0.25) is 0 Å². The Balaban J connectivity index is 2.42. The molecule has 0 aromatic rings. The van der Waals surface area contributed by atoms with Crippen LogP contribution in [0, 0.1) is 11.3 Å². The maximum atomic E-state index is 11.4. The minimum absolute atomic E-state index is 0.118. The minimum atomic E-state index is -2.86. The lowest BCUT2D eigenvalue weighted by Crippen LogP contribution is -2.25. The van der Waals surface area contributed by atoms with Crippen LogP contribution >= 0.6 is 0 Å². The summed E-state index contributed by atoms with van der Waals surface area (Å²) in [6.07, 6.45) is 3.36. The van der Waals surface area contributed by atoms with Crippen molar-refractivity contribution in [3.63, 3.8) is 0 Å². The van der Waals surface area contributed by atoms with E-state index in [1.807, 2.05) is 0 Å². The summed E-state index contributed by atoms with van der Waals surface area (Å²) < 4.78 is 22.8. The molecule has 0 bridgehead atoms. The molecule has 2 aliphatic rings. The lowest BCUT2D eigenvalue weighted by atomic mass is 9.69. The predicted molar refractivity (Wildman–Crippen MR) is 53.0 cm³/mol. The van der Waals surface area contributed by atoms with Crippen molar-refractivity contribution in [1.29, 1.82) is 0 Å². The summed E-state index contributed by atoms with van der Waals surface area (Å²) in [5.41, 5.74) is 1.30. The molecule has 0 aromatic carbocycles. The second kappa shape index (κ2) is 2.59. The van der Waals surface area contributed by atoms with Crippen LogP contribution in [0.5, 0.6) is 0 Å². The maximum absolute atomic E-state index is 11.4. The molecular weight excluding hydrogens is 184 g/mol. The van der Waals surface area contributed by atoms with Gasteiger partial charge in [0.1, 0.15) is 0 Å². The average Bonchev–Trinajstić information content (AvgIpc) is 2.25. The molecule has 0 saturated heterocycles. The van der Waals surface area contributed by atoms with Crippen LogP contribution in [0.4, 0.5) is 0 Å². The van der Waals surface area contributed by atoms with Gasteiger partial charge in [0.15, 0.2) is 9.84 Å². The van der Waals surface area contributed by atoms with E-state index >= 15 is 0 Å². The molecule has 0 aromatic heterocycles. The standard InChI is InChI=1S/C10H16O2S/c1-10(2)5-3-4-8-6-13(11,12)7-9(8)10/h7-8H,3-6H2,1-2H3. The molecule has 2 rings (SSSR count). The number of fused-ring (bicyclic) bond motifs is 1. The van der Waals surface area contributed by atoms with Crippen LogP contribution in [-0.4, -0.2) is 14.2 Å². The van der Waals surface area contributed by atoms with Crippen molar-refractivity contribution in [3.8, 4) is 0 Å². The van der Waals surface area contributed by atoms with Gasteiger partial charge in [0, 0.05) is 5.41 Å². The molecule has 1 saturated carbocycles. The third-order valence-electron chi connectivity index (χ3n) is 3.32. The molecule has 2 nitrogen and oxygen atoms in total. The van der Waals surface area contributed by atoms with Crippen molar-refractivity contribution in [2.75, 3.05) is 5.75 Å². The number of hydrogen-bond donors (Lipinski definition) is 0. The van der Waals surface area contributed by atoms with Gasteiger partial charge in [-0.3, -0.25) is 0 Å². The summed E-state index contributed by atoms with van der Waals surface area (Å²) in [5.74, 6) is 0.694. The lowest BCUT2D eigenvalue weighted by Gasteiger charge is -2.35. The largest absolute Gasteiger partial charge is 0.224 e. The van der Waals surface area contributed by atoms with Crippen molar-refractivity contribution in [3.05, 3.63) is 11.0 Å². The van der Waals surface area contributed by atoms with Gasteiger partial charge in [-0.25, -0.2) is 8.42 Å². The van der Waals surface area contributed by atoms with E-state index in [1.54, 1.807) is 0 Å². The summed E-state index contributed by atoms with van der Waals surface area (Å²) in [6, 6.07) is 0. The number of sulfone groups is 1. The van der Waals surface area contributed by atoms with Crippen LogP contribution in [0.15, 0.2) is 11.0 Å². The molecule has 0 amide bonds. The van der Waals surface area contributed by atoms with Crippen LogP contribution in [0.2, 0.25) is 0 Å². The zero-order valence-electron chi connectivity index (χ0n) is 8.21. The minimum Gasteiger partial charge on any atom is -0.224 e. The summed E-state index contributed by atoms with van der Waals surface area (Å²) in [6.45, 7) is 4.32. The second-order valence-corrected chi connectivity index (χ2v) is 6.77. The molecule has 1 fully saturated rings. The highest BCUT2D eigenvalue weighted by Crippen LogP contribution is 2.47. The number of rotatable bonds is 0. The number of hydrogen-bond acceptors (Lipinski definition) is 2. The molecule has 1 aliphatic heterocycles. The Kier molecular flexibility index (Phi) is 1.85. The van der Waals surface area contributed by atoms with Gasteiger partial charge in [-0.2, -0.15) is 0 Å². The van der Waals surface area contributed by atoms with Crippen molar-refractivity contribution >= 4 is 9.84 Å². The molecule has 1 unspecified atom stereocenters. The lowest BCUT2D eigenvalue weighted by molar-refractivity contribution is 0.295. The van der Waals surface area contributed by atoms with Gasteiger partial charge >= 0.3 is 0 Å². The molecule has 0 radical (unpaired) electrons. The quantitative estimate of drug-likeness (QED) is 0.600. The fourth-order valence-corrected chi connectivity index (χ4v) is 4.50. The Morgan fingerprint density at radius 3 is 2.77 bits per heavy atom. The van der Waals surface area contributed by atoms with E-state index < -0.39 is 9.84 Å². The maximum Gasteiger partial charge on any atom is 0.172 e. The Bertz CT molecular complexity index is 349. The van der Waals surface area contributed by atoms with Crippen LogP contribution in [-0.2, 0) is 9.84 Å². The molecule has 1 atom stereocenters. The molecular formula is C10H16O2S. The Morgan fingerprint density at radius 1 is 1.46 bits per heavy atom. The fraction of sp³-hybridized carbons (Fsp3) is 0.800. The molecule has 0 N–H and O–H groups in total. The molecule has 0 spiro atoms. The smallest absolute Gasteiger partial charge is 0.172 e. The highest BCUT2D eigenvalue weighted by molar-refractivity contribution is 7.94. The van der Waals surface area contributed by atoms with E-state index in [2.05, 4.69) is 13.8 Å². The van der Waals surface area contributed by atoms with Gasteiger partial charge in [-0.05, 0) is 29.7 Å². The first-order valence-electron chi connectivity index (χ1n) is 4.86. The van der Waals surface area contributed by atoms with E-state index in [0.717, 1.165) is 12.8 Å². The molecule has 1 aliphatic carbocycles. The topological polar surface area (TPSA) is 34.1 Å². The van der Waals surface area contributed by atoms with E-state index in [9.17, 15) is 8.42 Å². The van der Waals surface area contributed by atoms with Crippen LogP contribution in [0.25, 0.3) is 0 Å². The average molecular weight is 200 g/mol. The van der Waals surface area contributed by atoms with Gasteiger partial charge < -0.3 is 0 Å². The highest BCUT2D eigenvalue weighted by atomic mass is 32.2. The first-order chi connectivity index (χ1) is 5.91. The summed E-state index contributed by atoms with van der Waals surface area (Å²) in [7, 11) is -2.86. The summed E-state index contributed by atoms with van der Waals surface area (Å²) in [5, 5.41) is 1.54. The van der Waals surface area contributed by atoms with Gasteiger partial charge in [-0.15, -0.1) is 0 Å². The highest BCUT2D eigenvalue weighted by Gasteiger charge is 2.40. The van der Waals surface area contributed by atoms with Gasteiger partial charge in [-0.1, -0.05) is 20.3 Å².